The zero-order chi connectivity index (χ0) is 30.9. The van der Waals surface area contributed by atoms with Gasteiger partial charge in [-0.1, -0.05) is 12.1 Å². The molecule has 0 amide bonds. The van der Waals surface area contributed by atoms with E-state index >= 15 is 0 Å². The summed E-state index contributed by atoms with van der Waals surface area (Å²) in [6, 6.07) is 12.8. The summed E-state index contributed by atoms with van der Waals surface area (Å²) in [5.74, 6) is -1.25. The van der Waals surface area contributed by atoms with Crippen molar-refractivity contribution in [1.29, 1.82) is 0 Å². The monoisotopic (exact) mass is 649 g/mol. The van der Waals surface area contributed by atoms with Gasteiger partial charge < -0.3 is 16.0 Å². The topological polar surface area (TPSA) is 138 Å². The average molecular weight is 650 g/mol. The fourth-order valence-corrected chi connectivity index (χ4v) is 6.75. The van der Waals surface area contributed by atoms with Gasteiger partial charge in [0.1, 0.15) is 18.1 Å². The average Bonchev–Trinajstić information content (AvgIpc) is 3.33. The van der Waals surface area contributed by atoms with Crippen LogP contribution in [-0.2, 0) is 31.4 Å². The van der Waals surface area contributed by atoms with Crippen molar-refractivity contribution >= 4 is 37.8 Å². The van der Waals surface area contributed by atoms with Crippen LogP contribution in [0.2, 0.25) is 0 Å². The van der Waals surface area contributed by atoms with E-state index in [-0.39, 0.29) is 87.2 Å². The van der Waals surface area contributed by atoms with Crippen LogP contribution in [0.4, 0.5) is 13.2 Å². The van der Waals surface area contributed by atoms with E-state index in [0.29, 0.717) is 0 Å². The van der Waals surface area contributed by atoms with Crippen LogP contribution in [0.15, 0.2) is 70.8 Å². The molecule has 0 saturated heterocycles. The van der Waals surface area contributed by atoms with Crippen molar-refractivity contribution in [1.82, 2.24) is 13.9 Å². The summed E-state index contributed by atoms with van der Waals surface area (Å²) in [7, 11) is -6.47. The number of hydrogen-bond acceptors (Lipinski definition) is 8. The number of carboxylic acids is 1. The Hall–Kier alpha value is -2.98. The molecule has 16 heteroatoms. The number of nitrogens with zero attached hydrogens (tertiary/aromatic N) is 3. The molecule has 1 atom stereocenters. The normalized spacial score (nSPS) is 12.9. The van der Waals surface area contributed by atoms with Crippen molar-refractivity contribution < 1.29 is 76.2 Å². The number of aromatic nitrogens is 3. The molecule has 10 nitrogen and oxygen atoms in total. The van der Waals surface area contributed by atoms with Crippen molar-refractivity contribution in [3.63, 3.8) is 0 Å². The summed E-state index contributed by atoms with van der Waals surface area (Å²) >= 11 is 0. The van der Waals surface area contributed by atoms with Crippen LogP contribution in [0.25, 0.3) is 11.0 Å². The molecule has 0 fully saturated rings. The minimum atomic E-state index is -4.56. The number of pyridine rings is 1. The maximum atomic E-state index is 13.8. The molecular formula is C27H27F3N3NaO7S2. The number of para-hydroxylation sites is 2. The summed E-state index contributed by atoms with van der Waals surface area (Å²) in [5.41, 5.74) is -0.378. The summed E-state index contributed by atoms with van der Waals surface area (Å²) in [5, 5.41) is 8.96. The molecule has 0 bridgehead atoms. The van der Waals surface area contributed by atoms with Gasteiger partial charge >= 0.3 is 41.7 Å². The Morgan fingerprint density at radius 2 is 1.70 bits per heavy atom. The molecule has 4 rings (SSSR count). The zero-order valence-electron chi connectivity index (χ0n) is 24.6. The molecule has 226 valence electrons. The summed E-state index contributed by atoms with van der Waals surface area (Å²) in [6.45, 7) is 2.77. The van der Waals surface area contributed by atoms with Gasteiger partial charge in [0.05, 0.1) is 43.6 Å². The van der Waals surface area contributed by atoms with Gasteiger partial charge in [-0.25, -0.2) is 17.4 Å². The van der Waals surface area contributed by atoms with Gasteiger partial charge in [-0.3, -0.25) is 14.0 Å². The van der Waals surface area contributed by atoms with Crippen molar-refractivity contribution in [2.75, 3.05) is 13.2 Å². The molecule has 2 aromatic heterocycles. The molecule has 0 saturated carbocycles. The number of aliphatic carboxylic acids is 1. The Morgan fingerprint density at radius 3 is 2.33 bits per heavy atom. The fraction of sp³-hybridized carbons (Fsp3) is 0.296. The van der Waals surface area contributed by atoms with Crippen LogP contribution >= 0.6 is 0 Å². The minimum Gasteiger partial charge on any atom is -1.00 e. The molecule has 0 aliphatic carbocycles. The Bertz CT molecular complexity index is 1770. The van der Waals surface area contributed by atoms with Gasteiger partial charge in [0.2, 0.25) is 5.16 Å². The first kappa shape index (κ1) is 34.5. The number of carbonyl (C=O) groups is 1. The second-order valence-electron chi connectivity index (χ2n) is 9.88. The summed E-state index contributed by atoms with van der Waals surface area (Å²) in [4.78, 5) is 19.6. The Balaban J connectivity index is 0.00000337. The van der Waals surface area contributed by atoms with Gasteiger partial charge in [-0.2, -0.15) is 13.2 Å². The van der Waals surface area contributed by atoms with Crippen molar-refractivity contribution in [2.24, 2.45) is 5.41 Å². The van der Waals surface area contributed by atoms with Crippen LogP contribution in [0.3, 0.4) is 0 Å². The van der Waals surface area contributed by atoms with Gasteiger partial charge in [-0.05, 0) is 63.2 Å². The van der Waals surface area contributed by atoms with Crippen molar-refractivity contribution in [3.8, 4) is 11.5 Å². The number of imidazole rings is 1. The van der Waals surface area contributed by atoms with Gasteiger partial charge in [0, 0.05) is 11.8 Å². The Kier molecular flexibility index (Phi) is 10.7. The van der Waals surface area contributed by atoms with E-state index in [4.69, 9.17) is 9.47 Å². The van der Waals surface area contributed by atoms with E-state index in [0.717, 1.165) is 3.97 Å². The van der Waals surface area contributed by atoms with Gasteiger partial charge in [0.25, 0.3) is 10.0 Å². The number of ether oxygens (including phenoxy) is 2. The molecule has 1 unspecified atom stereocenters. The van der Waals surface area contributed by atoms with Crippen LogP contribution in [-0.4, -0.2) is 57.0 Å². The SMILES string of the molecule is Cc1c(OCC(F)(F)F)ccnc1CS(=O)c1nc2ccccc2n1S(=O)(=O)c1ccc(OCC(C)(C)C(=O)O)cc1.[H-].[Na+]. The molecule has 0 aliphatic rings. The molecule has 4 aromatic rings. The van der Waals surface area contributed by atoms with Crippen LogP contribution in [0, 0.1) is 12.3 Å². The van der Waals surface area contributed by atoms with E-state index in [1.807, 2.05) is 0 Å². The first-order valence-electron chi connectivity index (χ1n) is 12.3. The molecular weight excluding hydrogens is 622 g/mol. The third-order valence-corrected chi connectivity index (χ3v) is 9.20. The number of rotatable bonds is 11. The number of fused-ring (bicyclic) bond motifs is 1. The molecule has 2 heterocycles. The predicted molar refractivity (Wildman–Crippen MR) is 147 cm³/mol. The first-order valence-corrected chi connectivity index (χ1v) is 15.1. The fourth-order valence-electron chi connectivity index (χ4n) is 3.71. The molecule has 2 aromatic carbocycles. The van der Waals surface area contributed by atoms with Crippen molar-refractivity contribution in [3.05, 3.63) is 72.1 Å². The maximum Gasteiger partial charge on any atom is 1.00 e. The number of benzene rings is 2. The standard InChI is InChI=1S/C27H26F3N3O7S2.Na.H/c1-17-21(31-13-12-23(17)40-16-27(28,29)30)14-41(36)25-32-20-6-4-5-7-22(20)33(25)42(37,38)19-10-8-18(9-11-19)39-15-26(2,3)24(34)35;;/h4-13H,14-16H2,1-3H3,(H,34,35);;/q;+1;-1. The van der Waals surface area contributed by atoms with Crippen LogP contribution < -0.4 is 39.0 Å². The third kappa shape index (κ3) is 7.95. The summed E-state index contributed by atoms with van der Waals surface area (Å²) in [6.07, 6.45) is -3.34. The number of halogens is 3. The van der Waals surface area contributed by atoms with E-state index in [2.05, 4.69) is 9.97 Å². The Morgan fingerprint density at radius 1 is 1.05 bits per heavy atom. The number of hydrogen-bond donors (Lipinski definition) is 1. The molecule has 43 heavy (non-hydrogen) atoms. The second kappa shape index (κ2) is 13.3. The van der Waals surface area contributed by atoms with Gasteiger partial charge in [0.15, 0.2) is 6.61 Å². The third-order valence-electron chi connectivity index (χ3n) is 6.15. The zero-order valence-corrected chi connectivity index (χ0v) is 27.2. The van der Waals surface area contributed by atoms with E-state index in [9.17, 15) is 35.7 Å². The quantitative estimate of drug-likeness (QED) is 0.241. The number of alkyl halides is 3. The largest absolute Gasteiger partial charge is 1.00 e. The van der Waals surface area contributed by atoms with Gasteiger partial charge in [-0.15, -0.1) is 0 Å². The smallest absolute Gasteiger partial charge is 1.00 e. The minimum absolute atomic E-state index is 0. The van der Waals surface area contributed by atoms with E-state index < -0.39 is 45.0 Å². The Labute approximate surface area is 271 Å². The van der Waals surface area contributed by atoms with Crippen LogP contribution in [0.1, 0.15) is 26.5 Å². The second-order valence-corrected chi connectivity index (χ2v) is 13.0. The van der Waals surface area contributed by atoms with E-state index in [1.165, 1.54) is 63.4 Å². The molecule has 0 spiro atoms. The van der Waals surface area contributed by atoms with Crippen molar-refractivity contribution in [2.45, 2.75) is 42.8 Å². The van der Waals surface area contributed by atoms with Crippen LogP contribution in [0.5, 0.6) is 11.5 Å². The molecule has 0 aliphatic heterocycles. The predicted octanol–water partition coefficient (Wildman–Crippen LogP) is 1.83. The molecule has 1 N–H and O–H groups in total. The summed E-state index contributed by atoms with van der Waals surface area (Å²) < 4.78 is 90.4. The maximum absolute atomic E-state index is 13.8. The van der Waals surface area contributed by atoms with E-state index in [1.54, 1.807) is 18.2 Å². The first-order chi connectivity index (χ1) is 19.6. The molecule has 0 radical (unpaired) electrons. The number of carboxylic acid groups (broad SMARTS) is 1.